The van der Waals surface area contributed by atoms with Crippen molar-refractivity contribution in [1.82, 2.24) is 4.98 Å². The quantitative estimate of drug-likeness (QED) is 0.681. The molecule has 0 aliphatic carbocycles. The third-order valence-corrected chi connectivity index (χ3v) is 2.84. The number of nitrogens with one attached hydrogen (secondary N) is 1. The first-order chi connectivity index (χ1) is 9.56. The van der Waals surface area contributed by atoms with E-state index in [4.69, 9.17) is 11.6 Å². The van der Waals surface area contributed by atoms with Crippen LogP contribution in [0, 0.1) is 5.82 Å². The van der Waals surface area contributed by atoms with Crippen LogP contribution in [-0.4, -0.2) is 10.8 Å². The van der Waals surface area contributed by atoms with Crippen molar-refractivity contribution in [3.8, 4) is 0 Å². The summed E-state index contributed by atoms with van der Waals surface area (Å²) in [5.41, 5.74) is 1.75. The van der Waals surface area contributed by atoms with Gasteiger partial charge >= 0.3 is 0 Å². The van der Waals surface area contributed by atoms with Crippen LogP contribution in [0.15, 0.2) is 54.5 Å². The van der Waals surface area contributed by atoms with Gasteiger partial charge in [-0.3, -0.25) is 9.78 Å². The summed E-state index contributed by atoms with van der Waals surface area (Å²) in [5.74, 6) is -0.637. The van der Waals surface area contributed by atoms with E-state index in [1.54, 1.807) is 31.3 Å². The van der Waals surface area contributed by atoms with E-state index in [0.29, 0.717) is 16.9 Å². The molecule has 2 rings (SSSR count). The number of carbonyl (C=O) groups is 1. The van der Waals surface area contributed by atoms with Crippen LogP contribution in [0.1, 0.15) is 17.3 Å². The number of hydrogen-bond donors (Lipinski definition) is 1. The highest BCUT2D eigenvalue weighted by atomic mass is 35.5. The summed E-state index contributed by atoms with van der Waals surface area (Å²) in [5, 5.41) is 3.01. The van der Waals surface area contributed by atoms with Crippen LogP contribution in [-0.2, 0) is 0 Å². The maximum atomic E-state index is 13.0. The van der Waals surface area contributed by atoms with E-state index in [1.807, 2.05) is 0 Å². The van der Waals surface area contributed by atoms with Gasteiger partial charge in [-0.25, -0.2) is 4.39 Å². The van der Waals surface area contributed by atoms with E-state index < -0.39 is 5.82 Å². The molecule has 0 spiro atoms. The molecule has 0 saturated heterocycles. The second kappa shape index (κ2) is 6.30. The predicted molar refractivity (Wildman–Crippen MR) is 77.4 cm³/mol. The smallest absolute Gasteiger partial charge is 0.189 e. The minimum Gasteiger partial charge on any atom is -0.359 e. The molecule has 0 atom stereocenters. The number of ketones is 1. The molecule has 0 aliphatic heterocycles. The van der Waals surface area contributed by atoms with E-state index in [1.165, 1.54) is 24.4 Å². The van der Waals surface area contributed by atoms with E-state index in [9.17, 15) is 9.18 Å². The van der Waals surface area contributed by atoms with Crippen molar-refractivity contribution in [2.75, 3.05) is 5.32 Å². The van der Waals surface area contributed by atoms with Gasteiger partial charge < -0.3 is 5.32 Å². The van der Waals surface area contributed by atoms with Gasteiger partial charge in [0.2, 0.25) is 0 Å². The normalized spacial score (nSPS) is 11.2. The molecule has 102 valence electrons. The van der Waals surface area contributed by atoms with Gasteiger partial charge in [-0.05, 0) is 37.3 Å². The fourth-order valence-electron chi connectivity index (χ4n) is 1.63. The van der Waals surface area contributed by atoms with Gasteiger partial charge in [0, 0.05) is 35.4 Å². The summed E-state index contributed by atoms with van der Waals surface area (Å²) in [6, 6.07) is 7.66. The SMILES string of the molecule is C/C(=C/C(=O)c1cccnc1)Nc1ccc(F)c(Cl)c1. The van der Waals surface area contributed by atoms with Crippen molar-refractivity contribution >= 4 is 23.1 Å². The maximum absolute atomic E-state index is 13.0. The van der Waals surface area contributed by atoms with Crippen LogP contribution in [0.5, 0.6) is 0 Å². The van der Waals surface area contributed by atoms with Crippen molar-refractivity contribution in [3.63, 3.8) is 0 Å². The zero-order valence-corrected chi connectivity index (χ0v) is 11.5. The molecule has 1 heterocycles. The third kappa shape index (κ3) is 3.65. The van der Waals surface area contributed by atoms with Gasteiger partial charge in [0.05, 0.1) is 5.02 Å². The Kier molecular flexibility index (Phi) is 4.48. The maximum Gasteiger partial charge on any atom is 0.189 e. The Labute approximate surface area is 121 Å². The molecule has 0 amide bonds. The van der Waals surface area contributed by atoms with Gasteiger partial charge in [0.1, 0.15) is 5.82 Å². The summed E-state index contributed by atoms with van der Waals surface area (Å²) >= 11 is 5.69. The Balaban J connectivity index is 2.11. The number of hydrogen-bond acceptors (Lipinski definition) is 3. The van der Waals surface area contributed by atoms with Crippen LogP contribution < -0.4 is 5.32 Å². The van der Waals surface area contributed by atoms with Gasteiger partial charge in [0.15, 0.2) is 5.78 Å². The van der Waals surface area contributed by atoms with E-state index >= 15 is 0 Å². The lowest BCUT2D eigenvalue weighted by atomic mass is 10.1. The Morgan fingerprint density at radius 1 is 1.40 bits per heavy atom. The number of allylic oxidation sites excluding steroid dienone is 2. The first-order valence-electron chi connectivity index (χ1n) is 5.91. The van der Waals surface area contributed by atoms with E-state index in [0.717, 1.165) is 0 Å². The molecule has 5 heteroatoms. The second-order valence-corrected chi connectivity index (χ2v) is 4.59. The lowest BCUT2D eigenvalue weighted by Crippen LogP contribution is -2.01. The number of rotatable bonds is 4. The number of nitrogens with zero attached hydrogens (tertiary/aromatic N) is 1. The van der Waals surface area contributed by atoms with Crippen LogP contribution in [0.25, 0.3) is 0 Å². The molecule has 0 unspecified atom stereocenters. The van der Waals surface area contributed by atoms with Crippen molar-refractivity contribution < 1.29 is 9.18 Å². The number of anilines is 1. The van der Waals surface area contributed by atoms with Crippen molar-refractivity contribution in [1.29, 1.82) is 0 Å². The predicted octanol–water partition coefficient (Wildman–Crippen LogP) is 4.07. The molecule has 1 aromatic heterocycles. The minimum atomic E-state index is -0.481. The topological polar surface area (TPSA) is 42.0 Å². The van der Waals surface area contributed by atoms with Crippen LogP contribution >= 0.6 is 11.6 Å². The lowest BCUT2D eigenvalue weighted by Gasteiger charge is -2.07. The van der Waals surface area contributed by atoms with Crippen molar-refractivity contribution in [3.05, 3.63) is 70.9 Å². The molecule has 20 heavy (non-hydrogen) atoms. The summed E-state index contributed by atoms with van der Waals surface area (Å²) in [6.45, 7) is 1.74. The molecule has 0 radical (unpaired) electrons. The molecule has 2 aromatic rings. The third-order valence-electron chi connectivity index (χ3n) is 2.55. The van der Waals surface area contributed by atoms with E-state index in [-0.39, 0.29) is 10.8 Å². The summed E-state index contributed by atoms with van der Waals surface area (Å²) in [6.07, 6.45) is 4.56. The largest absolute Gasteiger partial charge is 0.359 e. The first kappa shape index (κ1) is 14.2. The van der Waals surface area contributed by atoms with Crippen molar-refractivity contribution in [2.24, 2.45) is 0 Å². The van der Waals surface area contributed by atoms with Gasteiger partial charge in [-0.15, -0.1) is 0 Å². The molecule has 1 aromatic carbocycles. The molecule has 0 saturated carbocycles. The zero-order chi connectivity index (χ0) is 14.5. The molecule has 1 N–H and O–H groups in total. The highest BCUT2D eigenvalue weighted by molar-refractivity contribution is 6.31. The van der Waals surface area contributed by atoms with Crippen LogP contribution in [0.2, 0.25) is 5.02 Å². The zero-order valence-electron chi connectivity index (χ0n) is 10.7. The Bertz CT molecular complexity index is 656. The van der Waals surface area contributed by atoms with Gasteiger partial charge in [-0.1, -0.05) is 11.6 Å². The standard InChI is InChI=1S/C15H12ClFN2O/c1-10(7-15(20)11-3-2-6-18-9-11)19-12-4-5-14(17)13(16)8-12/h2-9,19H,1H3/b10-7-. The Morgan fingerprint density at radius 2 is 2.20 bits per heavy atom. The molecule has 0 fully saturated rings. The number of carbonyl (C=O) groups excluding carboxylic acids is 1. The summed E-state index contributed by atoms with van der Waals surface area (Å²) in [4.78, 5) is 15.8. The lowest BCUT2D eigenvalue weighted by molar-refractivity contribution is 0.104. The number of aromatic nitrogens is 1. The number of pyridine rings is 1. The average molecular weight is 291 g/mol. The fraction of sp³-hybridized carbons (Fsp3) is 0.0667. The first-order valence-corrected chi connectivity index (χ1v) is 6.29. The van der Waals surface area contributed by atoms with Crippen LogP contribution in [0.3, 0.4) is 0 Å². The number of halogens is 2. The minimum absolute atomic E-state index is 0.0291. The average Bonchev–Trinajstić information content (AvgIpc) is 2.44. The number of benzene rings is 1. The molecule has 0 bridgehead atoms. The molecule has 3 nitrogen and oxygen atoms in total. The van der Waals surface area contributed by atoms with Crippen LogP contribution in [0.4, 0.5) is 10.1 Å². The monoisotopic (exact) mass is 290 g/mol. The van der Waals surface area contributed by atoms with Gasteiger partial charge in [-0.2, -0.15) is 0 Å². The van der Waals surface area contributed by atoms with E-state index in [2.05, 4.69) is 10.3 Å². The molecule has 0 aliphatic rings. The molecular formula is C15H12ClFN2O. The summed E-state index contributed by atoms with van der Waals surface area (Å²) < 4.78 is 13.0. The highest BCUT2D eigenvalue weighted by Crippen LogP contribution is 2.20. The molecular weight excluding hydrogens is 279 g/mol. The Morgan fingerprint density at radius 3 is 2.85 bits per heavy atom. The van der Waals surface area contributed by atoms with Crippen molar-refractivity contribution in [2.45, 2.75) is 6.92 Å². The van der Waals surface area contributed by atoms with Gasteiger partial charge in [0.25, 0.3) is 0 Å². The second-order valence-electron chi connectivity index (χ2n) is 4.19. The fourth-order valence-corrected chi connectivity index (χ4v) is 1.81. The summed E-state index contributed by atoms with van der Waals surface area (Å²) in [7, 11) is 0. The Hall–Kier alpha value is -2.20. The highest BCUT2D eigenvalue weighted by Gasteiger charge is 2.04.